The molecule has 1 nitrogen and oxygen atoms in total. The molecule has 7 heavy (non-hydrogen) atoms. The van der Waals surface area contributed by atoms with Crippen molar-refractivity contribution in [1.82, 2.24) is 0 Å². The normalized spacial score (nSPS) is 11.3. The fraction of sp³-hybridized carbons (Fsp3) is 0.800. The number of hydrogen-bond donors (Lipinski definition) is 0. The zero-order valence-electron chi connectivity index (χ0n) is 4.57. The second-order valence-electron chi connectivity index (χ2n) is 2.09. The van der Waals surface area contributed by atoms with Crippen molar-refractivity contribution in [2.75, 3.05) is 0 Å². The molecule has 0 aliphatic carbocycles. The Kier molecular flexibility index (Phi) is 2.51. The number of hydrogen-bond acceptors (Lipinski definition) is 1. The first-order chi connectivity index (χ1) is 3.06. The minimum atomic E-state index is -0.00521. The van der Waals surface area contributed by atoms with Crippen molar-refractivity contribution in [1.29, 1.82) is 0 Å². The molecule has 0 saturated heterocycles. The van der Waals surface area contributed by atoms with Gasteiger partial charge in [0.25, 0.3) is 0 Å². The van der Waals surface area contributed by atoms with E-state index >= 15 is 0 Å². The Labute approximate surface area is 52.2 Å². The van der Waals surface area contributed by atoms with Crippen LogP contribution < -0.4 is 0 Å². The molecular formula is C5H9BrO. The van der Waals surface area contributed by atoms with Crippen molar-refractivity contribution in [2.24, 2.45) is 0 Å². The molecule has 0 spiro atoms. The fourth-order valence-corrected chi connectivity index (χ4v) is 0.330. The molecule has 0 atom stereocenters. The quantitative estimate of drug-likeness (QED) is 0.450. The van der Waals surface area contributed by atoms with Crippen LogP contribution >= 0.6 is 15.9 Å². The van der Waals surface area contributed by atoms with Crippen LogP contribution in [0.15, 0.2) is 0 Å². The molecule has 0 amide bonds. The molecule has 0 aromatic carbocycles. The highest BCUT2D eigenvalue weighted by Gasteiger charge is 2.09. The number of aldehydes is 1. The van der Waals surface area contributed by atoms with E-state index in [1.807, 2.05) is 13.8 Å². The lowest BCUT2D eigenvalue weighted by Gasteiger charge is -2.08. The summed E-state index contributed by atoms with van der Waals surface area (Å²) >= 11 is 3.31. The molecule has 0 unspecified atom stereocenters. The highest BCUT2D eigenvalue weighted by molar-refractivity contribution is 9.10. The number of halogens is 1. The van der Waals surface area contributed by atoms with E-state index < -0.39 is 0 Å². The second kappa shape index (κ2) is 2.46. The monoisotopic (exact) mass is 164 g/mol. The van der Waals surface area contributed by atoms with E-state index in [4.69, 9.17) is 0 Å². The van der Waals surface area contributed by atoms with E-state index in [0.29, 0.717) is 6.42 Å². The minimum Gasteiger partial charge on any atom is -0.303 e. The topological polar surface area (TPSA) is 17.1 Å². The smallest absolute Gasteiger partial charge is 0.121 e. The summed E-state index contributed by atoms with van der Waals surface area (Å²) in [7, 11) is 0. The van der Waals surface area contributed by atoms with Gasteiger partial charge >= 0.3 is 0 Å². The average molecular weight is 165 g/mol. The number of carbonyl (C=O) groups excluding carboxylic acids is 1. The molecule has 0 aliphatic heterocycles. The molecular weight excluding hydrogens is 156 g/mol. The summed E-state index contributed by atoms with van der Waals surface area (Å²) in [5.41, 5.74) is 0. The Balaban J connectivity index is 3.34. The maximum atomic E-state index is 9.79. The number of carbonyl (C=O) groups is 1. The van der Waals surface area contributed by atoms with Crippen LogP contribution in [0.4, 0.5) is 0 Å². The number of rotatable bonds is 2. The molecule has 0 saturated carbocycles. The fourth-order valence-electron chi connectivity index (χ4n) is 0.198. The van der Waals surface area contributed by atoms with Gasteiger partial charge in [-0.2, -0.15) is 0 Å². The Hall–Kier alpha value is 0.150. The van der Waals surface area contributed by atoms with Gasteiger partial charge in [-0.3, -0.25) is 0 Å². The first-order valence-electron chi connectivity index (χ1n) is 2.19. The van der Waals surface area contributed by atoms with Gasteiger partial charge in [0.1, 0.15) is 6.29 Å². The summed E-state index contributed by atoms with van der Waals surface area (Å²) < 4.78 is -0.00521. The van der Waals surface area contributed by atoms with Crippen molar-refractivity contribution in [2.45, 2.75) is 24.6 Å². The Bertz CT molecular complexity index is 63.0. The van der Waals surface area contributed by atoms with Crippen LogP contribution in [0.25, 0.3) is 0 Å². The standard InChI is InChI=1S/C5H9BrO/c1-5(2,6)3-4-7/h4H,3H2,1-2H3. The highest BCUT2D eigenvalue weighted by atomic mass is 79.9. The number of alkyl halides is 1. The zero-order valence-corrected chi connectivity index (χ0v) is 6.16. The summed E-state index contributed by atoms with van der Waals surface area (Å²) in [6.45, 7) is 3.92. The zero-order chi connectivity index (χ0) is 5.91. The maximum absolute atomic E-state index is 9.79. The third-order valence-corrected chi connectivity index (χ3v) is 0.892. The van der Waals surface area contributed by atoms with E-state index in [1.165, 1.54) is 0 Å². The minimum absolute atomic E-state index is 0.00521. The Morgan fingerprint density at radius 3 is 2.14 bits per heavy atom. The summed E-state index contributed by atoms with van der Waals surface area (Å²) in [6.07, 6.45) is 1.49. The molecule has 0 N–H and O–H groups in total. The van der Waals surface area contributed by atoms with Gasteiger partial charge in [-0.15, -0.1) is 0 Å². The van der Waals surface area contributed by atoms with Crippen LogP contribution in [0.1, 0.15) is 20.3 Å². The second-order valence-corrected chi connectivity index (χ2v) is 4.24. The first kappa shape index (κ1) is 7.15. The first-order valence-corrected chi connectivity index (χ1v) is 2.98. The van der Waals surface area contributed by atoms with Gasteiger partial charge in [0.05, 0.1) is 0 Å². The molecule has 0 aliphatic rings. The van der Waals surface area contributed by atoms with Gasteiger partial charge in [0.2, 0.25) is 0 Å². The third-order valence-electron chi connectivity index (χ3n) is 0.569. The summed E-state index contributed by atoms with van der Waals surface area (Å²) in [4.78, 5) is 9.79. The predicted octanol–water partition coefficient (Wildman–Crippen LogP) is 1.75. The third kappa shape index (κ3) is 6.15. The molecule has 0 bridgehead atoms. The van der Waals surface area contributed by atoms with E-state index in [9.17, 15) is 4.79 Å². The van der Waals surface area contributed by atoms with Crippen molar-refractivity contribution in [3.63, 3.8) is 0 Å². The molecule has 0 aromatic heterocycles. The highest BCUT2D eigenvalue weighted by Crippen LogP contribution is 2.17. The molecule has 0 aromatic rings. The van der Waals surface area contributed by atoms with Crippen LogP contribution in [0.2, 0.25) is 0 Å². The molecule has 0 fully saturated rings. The van der Waals surface area contributed by atoms with Crippen molar-refractivity contribution < 1.29 is 4.79 Å². The van der Waals surface area contributed by atoms with Crippen LogP contribution in [-0.2, 0) is 4.79 Å². The summed E-state index contributed by atoms with van der Waals surface area (Å²) in [5.74, 6) is 0. The lowest BCUT2D eigenvalue weighted by Crippen LogP contribution is -2.08. The molecule has 0 heterocycles. The van der Waals surface area contributed by atoms with Gasteiger partial charge in [-0.05, 0) is 13.8 Å². The van der Waals surface area contributed by atoms with Gasteiger partial charge in [0, 0.05) is 10.7 Å². The van der Waals surface area contributed by atoms with Gasteiger partial charge in [0.15, 0.2) is 0 Å². The van der Waals surface area contributed by atoms with Gasteiger partial charge < -0.3 is 4.79 Å². The van der Waals surface area contributed by atoms with E-state index in [1.54, 1.807) is 0 Å². The van der Waals surface area contributed by atoms with E-state index in [2.05, 4.69) is 15.9 Å². The Morgan fingerprint density at radius 1 is 1.71 bits per heavy atom. The van der Waals surface area contributed by atoms with Crippen molar-refractivity contribution >= 4 is 22.2 Å². The molecule has 42 valence electrons. The summed E-state index contributed by atoms with van der Waals surface area (Å²) in [5, 5.41) is 0. The van der Waals surface area contributed by atoms with Crippen LogP contribution in [0.5, 0.6) is 0 Å². The van der Waals surface area contributed by atoms with Crippen LogP contribution in [-0.4, -0.2) is 10.6 Å². The molecule has 2 heteroatoms. The largest absolute Gasteiger partial charge is 0.303 e. The van der Waals surface area contributed by atoms with Gasteiger partial charge in [-0.1, -0.05) is 15.9 Å². The summed E-state index contributed by atoms with van der Waals surface area (Å²) in [6, 6.07) is 0. The van der Waals surface area contributed by atoms with Crippen molar-refractivity contribution in [3.8, 4) is 0 Å². The van der Waals surface area contributed by atoms with Crippen LogP contribution in [0, 0.1) is 0 Å². The van der Waals surface area contributed by atoms with Crippen LogP contribution in [0.3, 0.4) is 0 Å². The predicted molar refractivity (Wildman–Crippen MR) is 33.7 cm³/mol. The lowest BCUT2D eigenvalue weighted by molar-refractivity contribution is -0.108. The SMILES string of the molecule is CC(C)(Br)CC=O. The molecule has 0 rings (SSSR count). The lowest BCUT2D eigenvalue weighted by atomic mass is 10.2. The Morgan fingerprint density at radius 2 is 2.14 bits per heavy atom. The molecule has 0 radical (unpaired) electrons. The van der Waals surface area contributed by atoms with E-state index in [-0.39, 0.29) is 4.32 Å². The average Bonchev–Trinajstić information content (AvgIpc) is 1.30. The van der Waals surface area contributed by atoms with Crippen molar-refractivity contribution in [3.05, 3.63) is 0 Å². The van der Waals surface area contributed by atoms with E-state index in [0.717, 1.165) is 6.29 Å². The maximum Gasteiger partial charge on any atom is 0.121 e. The van der Waals surface area contributed by atoms with Gasteiger partial charge in [-0.25, -0.2) is 0 Å².